The quantitative estimate of drug-likeness (QED) is 0.189. The standard InChI is InChI=1S/C48H47NO/c1-46(2)21-22-47(3,4)45-39(46)15-10-17-41(45)49(33-19-20-43-36(28-33)34-11-6-8-18-42(34)50-43)40-16-9-14-38-44(40)35-12-5-7-13-37(35)48(38)31-24-29-23-30(26-31)27-32(48)25-29/h5-20,28-32H,21-27H2,1-4H3. The fraction of sp³-hybridized carbons (Fsp3) is 0.375. The van der Waals surface area contributed by atoms with Gasteiger partial charge in [0.05, 0.1) is 11.4 Å². The SMILES string of the molecule is CC1(C)CCC(C)(C)c2c(N(c3ccc4oc5ccccc5c4c3)c3cccc4c3-c3ccccc3C43C4CC5CC(C4)CC3C5)cccc21. The number of benzene rings is 5. The molecule has 4 fully saturated rings. The summed E-state index contributed by atoms with van der Waals surface area (Å²) in [6.45, 7) is 9.85. The highest BCUT2D eigenvalue weighted by atomic mass is 16.3. The molecule has 6 aliphatic carbocycles. The second kappa shape index (κ2) is 9.93. The van der Waals surface area contributed by atoms with Crippen molar-refractivity contribution >= 4 is 39.0 Å². The molecule has 6 aliphatic rings. The molecule has 1 heterocycles. The van der Waals surface area contributed by atoms with Crippen LogP contribution >= 0.6 is 0 Å². The molecule has 0 aliphatic heterocycles. The molecule has 50 heavy (non-hydrogen) atoms. The van der Waals surface area contributed by atoms with Crippen molar-refractivity contribution in [1.29, 1.82) is 0 Å². The predicted octanol–water partition coefficient (Wildman–Crippen LogP) is 13.1. The number of hydrogen-bond donors (Lipinski definition) is 0. The minimum Gasteiger partial charge on any atom is -0.456 e. The molecule has 0 unspecified atom stereocenters. The number of rotatable bonds is 3. The summed E-state index contributed by atoms with van der Waals surface area (Å²) in [5.41, 5.74) is 15.2. The summed E-state index contributed by atoms with van der Waals surface area (Å²) in [6, 6.07) is 39.5. The molecule has 1 spiro atoms. The third-order valence-corrected chi connectivity index (χ3v) is 14.5. The van der Waals surface area contributed by atoms with Gasteiger partial charge in [0.1, 0.15) is 11.2 Å². The Morgan fingerprint density at radius 2 is 1.20 bits per heavy atom. The van der Waals surface area contributed by atoms with Gasteiger partial charge < -0.3 is 9.32 Å². The van der Waals surface area contributed by atoms with Crippen molar-refractivity contribution in [3.05, 3.63) is 125 Å². The summed E-state index contributed by atoms with van der Waals surface area (Å²) in [6.07, 6.45) is 9.44. The Labute approximate surface area is 296 Å². The summed E-state index contributed by atoms with van der Waals surface area (Å²) < 4.78 is 6.38. The van der Waals surface area contributed by atoms with E-state index in [-0.39, 0.29) is 16.2 Å². The van der Waals surface area contributed by atoms with Crippen LogP contribution in [0.1, 0.15) is 94.9 Å². The van der Waals surface area contributed by atoms with Crippen molar-refractivity contribution in [2.45, 2.75) is 88.9 Å². The summed E-state index contributed by atoms with van der Waals surface area (Å²) in [4.78, 5) is 2.66. The fourth-order valence-electron chi connectivity index (χ4n) is 12.5. The van der Waals surface area contributed by atoms with E-state index < -0.39 is 0 Å². The second-order valence-electron chi connectivity index (χ2n) is 18.0. The zero-order valence-electron chi connectivity index (χ0n) is 29.9. The van der Waals surface area contributed by atoms with Gasteiger partial charge in [0, 0.05) is 27.4 Å². The normalized spacial score (nSPS) is 27.8. The molecule has 2 nitrogen and oxygen atoms in total. The van der Waals surface area contributed by atoms with E-state index in [9.17, 15) is 0 Å². The van der Waals surface area contributed by atoms with Crippen LogP contribution in [0.4, 0.5) is 17.1 Å². The molecule has 250 valence electrons. The molecular weight excluding hydrogens is 607 g/mol. The smallest absolute Gasteiger partial charge is 0.135 e. The van der Waals surface area contributed by atoms with E-state index in [1.165, 1.54) is 95.0 Å². The molecule has 12 rings (SSSR count). The predicted molar refractivity (Wildman–Crippen MR) is 207 cm³/mol. The summed E-state index contributed by atoms with van der Waals surface area (Å²) in [7, 11) is 0. The van der Waals surface area contributed by atoms with E-state index in [1.54, 1.807) is 11.1 Å². The molecule has 0 atom stereocenters. The first-order valence-corrected chi connectivity index (χ1v) is 19.3. The molecule has 6 aromatic rings. The van der Waals surface area contributed by atoms with E-state index in [4.69, 9.17) is 4.42 Å². The van der Waals surface area contributed by atoms with Crippen LogP contribution < -0.4 is 4.90 Å². The van der Waals surface area contributed by atoms with E-state index in [1.807, 2.05) is 0 Å². The molecule has 0 N–H and O–H groups in total. The van der Waals surface area contributed by atoms with Gasteiger partial charge in [-0.15, -0.1) is 0 Å². The number of fused-ring (bicyclic) bond motifs is 7. The monoisotopic (exact) mass is 653 g/mol. The first-order chi connectivity index (χ1) is 24.2. The van der Waals surface area contributed by atoms with Crippen LogP contribution in [0.25, 0.3) is 33.1 Å². The Kier molecular flexibility index (Phi) is 5.85. The second-order valence-corrected chi connectivity index (χ2v) is 18.0. The van der Waals surface area contributed by atoms with E-state index in [2.05, 4.69) is 136 Å². The molecule has 4 saturated carbocycles. The van der Waals surface area contributed by atoms with E-state index in [0.717, 1.165) is 34.8 Å². The van der Waals surface area contributed by atoms with Crippen LogP contribution in [-0.4, -0.2) is 0 Å². The molecule has 0 amide bonds. The Morgan fingerprint density at radius 1 is 0.560 bits per heavy atom. The van der Waals surface area contributed by atoms with Gasteiger partial charge in [-0.1, -0.05) is 94.4 Å². The third kappa shape index (κ3) is 3.75. The number of furan rings is 1. The average molecular weight is 654 g/mol. The van der Waals surface area contributed by atoms with Crippen LogP contribution in [-0.2, 0) is 16.2 Å². The lowest BCUT2D eigenvalue weighted by Crippen LogP contribution is -2.55. The van der Waals surface area contributed by atoms with Gasteiger partial charge in [0.15, 0.2) is 0 Å². The van der Waals surface area contributed by atoms with Gasteiger partial charge in [-0.05, 0) is 144 Å². The Bertz CT molecular complexity index is 2340. The van der Waals surface area contributed by atoms with Crippen LogP contribution in [0.3, 0.4) is 0 Å². The first kappa shape index (κ1) is 29.4. The van der Waals surface area contributed by atoms with Gasteiger partial charge in [-0.25, -0.2) is 0 Å². The Hall–Kier alpha value is -4.30. The Morgan fingerprint density at radius 3 is 2.00 bits per heavy atom. The van der Waals surface area contributed by atoms with Gasteiger partial charge in [0.25, 0.3) is 0 Å². The summed E-state index contributed by atoms with van der Waals surface area (Å²) in [5.74, 6) is 3.33. The van der Waals surface area contributed by atoms with Gasteiger partial charge in [-0.3, -0.25) is 0 Å². The number of nitrogens with zero attached hydrogens (tertiary/aromatic N) is 1. The number of anilines is 3. The molecule has 5 aromatic carbocycles. The van der Waals surface area contributed by atoms with Crippen LogP contribution in [0.2, 0.25) is 0 Å². The van der Waals surface area contributed by atoms with Crippen LogP contribution in [0.15, 0.2) is 108 Å². The maximum absolute atomic E-state index is 6.38. The molecule has 1 aromatic heterocycles. The van der Waals surface area contributed by atoms with Gasteiger partial charge in [0.2, 0.25) is 0 Å². The lowest BCUT2D eigenvalue weighted by molar-refractivity contribution is -0.0399. The highest BCUT2D eigenvalue weighted by Crippen LogP contribution is 2.70. The van der Waals surface area contributed by atoms with Crippen molar-refractivity contribution in [3.63, 3.8) is 0 Å². The largest absolute Gasteiger partial charge is 0.456 e. The zero-order valence-corrected chi connectivity index (χ0v) is 29.9. The minimum absolute atomic E-state index is 0.0463. The maximum atomic E-state index is 6.38. The highest BCUT2D eigenvalue weighted by Gasteiger charge is 2.62. The fourth-order valence-corrected chi connectivity index (χ4v) is 12.5. The minimum atomic E-state index is 0.0463. The zero-order chi connectivity index (χ0) is 33.6. The number of para-hydroxylation sites is 1. The van der Waals surface area contributed by atoms with Crippen molar-refractivity contribution < 1.29 is 4.42 Å². The van der Waals surface area contributed by atoms with Gasteiger partial charge in [-0.2, -0.15) is 0 Å². The van der Waals surface area contributed by atoms with Crippen molar-refractivity contribution in [2.75, 3.05) is 4.90 Å². The molecule has 4 bridgehead atoms. The Balaban J connectivity index is 1.22. The van der Waals surface area contributed by atoms with Gasteiger partial charge >= 0.3 is 0 Å². The molecule has 0 saturated heterocycles. The van der Waals surface area contributed by atoms with Crippen molar-refractivity contribution in [3.8, 4) is 11.1 Å². The molecule has 0 radical (unpaired) electrons. The van der Waals surface area contributed by atoms with Crippen LogP contribution in [0.5, 0.6) is 0 Å². The maximum Gasteiger partial charge on any atom is 0.135 e. The number of hydrogen-bond acceptors (Lipinski definition) is 2. The topological polar surface area (TPSA) is 16.4 Å². The lowest BCUT2D eigenvalue weighted by atomic mass is 9.43. The van der Waals surface area contributed by atoms with Crippen molar-refractivity contribution in [1.82, 2.24) is 0 Å². The van der Waals surface area contributed by atoms with Crippen LogP contribution in [0, 0.1) is 23.7 Å². The molecular formula is C48H47NO. The molecule has 2 heteroatoms. The third-order valence-electron chi connectivity index (χ3n) is 14.5. The van der Waals surface area contributed by atoms with E-state index in [0.29, 0.717) is 0 Å². The highest BCUT2D eigenvalue weighted by molar-refractivity contribution is 6.07. The van der Waals surface area contributed by atoms with E-state index >= 15 is 0 Å². The summed E-state index contributed by atoms with van der Waals surface area (Å²) in [5, 5.41) is 2.36. The average Bonchev–Trinajstić information content (AvgIpc) is 3.63. The van der Waals surface area contributed by atoms with Crippen molar-refractivity contribution in [2.24, 2.45) is 23.7 Å². The lowest BCUT2D eigenvalue weighted by Gasteiger charge is -2.61. The summed E-state index contributed by atoms with van der Waals surface area (Å²) >= 11 is 0. The first-order valence-electron chi connectivity index (χ1n) is 19.3.